The lowest BCUT2D eigenvalue weighted by Gasteiger charge is -2.25. The molecule has 1 rings (SSSR count). The molecule has 0 heterocycles. The van der Waals surface area contributed by atoms with Crippen LogP contribution in [-0.2, 0) is 9.84 Å². The SMILES string of the molecule is CCCNC(CCCS(C)(=O)=O)CCC1CCCCC1. The Morgan fingerprint density at radius 2 is 1.85 bits per heavy atom. The van der Waals surface area contributed by atoms with Gasteiger partial charge in [-0.05, 0) is 44.6 Å². The van der Waals surface area contributed by atoms with Gasteiger partial charge in [-0.25, -0.2) is 8.42 Å². The quantitative estimate of drug-likeness (QED) is 0.671. The third-order valence-corrected chi connectivity index (χ3v) is 5.43. The van der Waals surface area contributed by atoms with Crippen LogP contribution in [0.3, 0.4) is 0 Å². The molecule has 0 aromatic rings. The molecule has 1 fully saturated rings. The van der Waals surface area contributed by atoms with Gasteiger partial charge in [0.15, 0.2) is 0 Å². The minimum Gasteiger partial charge on any atom is -0.314 e. The van der Waals surface area contributed by atoms with E-state index >= 15 is 0 Å². The van der Waals surface area contributed by atoms with Crippen LogP contribution in [0.25, 0.3) is 0 Å². The van der Waals surface area contributed by atoms with Crippen LogP contribution < -0.4 is 5.32 Å². The summed E-state index contributed by atoms with van der Waals surface area (Å²) in [6.45, 7) is 3.23. The molecule has 1 saturated carbocycles. The normalized spacial score (nSPS) is 19.1. The second-order valence-corrected chi connectivity index (χ2v) is 8.76. The van der Waals surface area contributed by atoms with E-state index in [1.54, 1.807) is 0 Å². The molecule has 1 aliphatic rings. The van der Waals surface area contributed by atoms with Crippen LogP contribution in [0.5, 0.6) is 0 Å². The van der Waals surface area contributed by atoms with Crippen molar-refractivity contribution in [3.8, 4) is 0 Å². The lowest BCUT2D eigenvalue weighted by Crippen LogP contribution is -2.31. The predicted molar refractivity (Wildman–Crippen MR) is 86.8 cm³/mol. The van der Waals surface area contributed by atoms with Crippen LogP contribution >= 0.6 is 0 Å². The second kappa shape index (κ2) is 9.78. The van der Waals surface area contributed by atoms with Crippen molar-refractivity contribution in [1.82, 2.24) is 5.32 Å². The van der Waals surface area contributed by atoms with E-state index in [0.717, 1.165) is 31.7 Å². The smallest absolute Gasteiger partial charge is 0.147 e. The van der Waals surface area contributed by atoms with Crippen molar-refractivity contribution < 1.29 is 8.42 Å². The Morgan fingerprint density at radius 3 is 2.45 bits per heavy atom. The van der Waals surface area contributed by atoms with Crippen molar-refractivity contribution in [3.05, 3.63) is 0 Å². The molecule has 0 radical (unpaired) electrons. The molecule has 1 aliphatic carbocycles. The van der Waals surface area contributed by atoms with Gasteiger partial charge in [-0.1, -0.05) is 39.0 Å². The van der Waals surface area contributed by atoms with Crippen LogP contribution in [0.15, 0.2) is 0 Å². The second-order valence-electron chi connectivity index (χ2n) is 6.50. The summed E-state index contributed by atoms with van der Waals surface area (Å²) < 4.78 is 22.4. The highest BCUT2D eigenvalue weighted by Gasteiger charge is 2.16. The number of sulfone groups is 1. The maximum Gasteiger partial charge on any atom is 0.147 e. The van der Waals surface area contributed by atoms with Crippen LogP contribution in [0.4, 0.5) is 0 Å². The van der Waals surface area contributed by atoms with Gasteiger partial charge in [0.2, 0.25) is 0 Å². The molecule has 3 nitrogen and oxygen atoms in total. The highest BCUT2D eigenvalue weighted by atomic mass is 32.2. The standard InChI is InChI=1S/C16H33NO2S/c1-3-13-17-16(10-7-14-20(2,18)19)12-11-15-8-5-4-6-9-15/h15-17H,3-14H2,1-2H3. The van der Waals surface area contributed by atoms with Crippen molar-refractivity contribution >= 4 is 9.84 Å². The number of hydrogen-bond donors (Lipinski definition) is 1. The first-order valence-electron chi connectivity index (χ1n) is 8.42. The van der Waals surface area contributed by atoms with Gasteiger partial charge < -0.3 is 5.32 Å². The third-order valence-electron chi connectivity index (χ3n) is 4.40. The zero-order valence-corrected chi connectivity index (χ0v) is 14.2. The molecule has 1 unspecified atom stereocenters. The van der Waals surface area contributed by atoms with E-state index in [0.29, 0.717) is 11.8 Å². The summed E-state index contributed by atoms with van der Waals surface area (Å²) in [6, 6.07) is 0.513. The molecular formula is C16H33NO2S. The first kappa shape index (κ1) is 18.0. The summed E-state index contributed by atoms with van der Waals surface area (Å²) in [7, 11) is -2.80. The van der Waals surface area contributed by atoms with E-state index < -0.39 is 9.84 Å². The summed E-state index contributed by atoms with van der Waals surface area (Å²) in [5, 5.41) is 3.60. The van der Waals surface area contributed by atoms with E-state index in [9.17, 15) is 8.42 Å². The summed E-state index contributed by atoms with van der Waals surface area (Å²) in [6.07, 6.45) is 13.9. The first-order chi connectivity index (χ1) is 9.51. The zero-order chi connectivity index (χ0) is 14.8. The minimum atomic E-state index is -2.80. The maximum atomic E-state index is 11.2. The molecule has 1 N–H and O–H groups in total. The van der Waals surface area contributed by atoms with Gasteiger partial charge in [0.1, 0.15) is 9.84 Å². The summed E-state index contributed by atoms with van der Waals surface area (Å²) in [5.41, 5.74) is 0. The Kier molecular flexibility index (Phi) is 8.78. The van der Waals surface area contributed by atoms with Crippen LogP contribution in [0, 0.1) is 5.92 Å². The molecular weight excluding hydrogens is 270 g/mol. The Hall–Kier alpha value is -0.0900. The Balaban J connectivity index is 2.26. The van der Waals surface area contributed by atoms with Crippen LogP contribution in [0.1, 0.15) is 71.1 Å². The van der Waals surface area contributed by atoms with Crippen molar-refractivity contribution in [2.75, 3.05) is 18.6 Å². The lowest BCUT2D eigenvalue weighted by molar-refractivity contribution is 0.308. The molecule has 0 bridgehead atoms. The highest BCUT2D eigenvalue weighted by Crippen LogP contribution is 2.28. The van der Waals surface area contributed by atoms with Crippen molar-refractivity contribution in [3.63, 3.8) is 0 Å². The highest BCUT2D eigenvalue weighted by molar-refractivity contribution is 7.90. The Bertz CT molecular complexity index is 334. The van der Waals surface area contributed by atoms with Gasteiger partial charge in [-0.15, -0.1) is 0 Å². The van der Waals surface area contributed by atoms with E-state index in [1.165, 1.54) is 51.2 Å². The van der Waals surface area contributed by atoms with E-state index in [-0.39, 0.29) is 0 Å². The van der Waals surface area contributed by atoms with Crippen molar-refractivity contribution in [1.29, 1.82) is 0 Å². The lowest BCUT2D eigenvalue weighted by atomic mass is 9.85. The maximum absolute atomic E-state index is 11.2. The predicted octanol–water partition coefficient (Wildman–Crippen LogP) is 3.54. The molecule has 0 aliphatic heterocycles. The van der Waals surface area contributed by atoms with Gasteiger partial charge in [-0.2, -0.15) is 0 Å². The van der Waals surface area contributed by atoms with E-state index in [1.807, 2.05) is 0 Å². The third kappa shape index (κ3) is 8.96. The molecule has 20 heavy (non-hydrogen) atoms. The number of nitrogens with one attached hydrogen (secondary N) is 1. The van der Waals surface area contributed by atoms with Gasteiger partial charge >= 0.3 is 0 Å². The minimum absolute atomic E-state index is 0.334. The average Bonchev–Trinajstić information content (AvgIpc) is 2.41. The van der Waals surface area contributed by atoms with Crippen LogP contribution in [-0.4, -0.2) is 33.0 Å². The van der Waals surface area contributed by atoms with Gasteiger partial charge in [0, 0.05) is 18.1 Å². The fourth-order valence-corrected chi connectivity index (χ4v) is 3.89. The van der Waals surface area contributed by atoms with E-state index in [2.05, 4.69) is 12.2 Å². The molecule has 120 valence electrons. The fourth-order valence-electron chi connectivity index (χ4n) is 3.20. The molecule has 0 aromatic heterocycles. The summed E-state index contributed by atoms with van der Waals surface area (Å²) in [5.74, 6) is 1.25. The average molecular weight is 304 g/mol. The summed E-state index contributed by atoms with van der Waals surface area (Å²) >= 11 is 0. The van der Waals surface area contributed by atoms with Gasteiger partial charge in [-0.3, -0.25) is 0 Å². The summed E-state index contributed by atoms with van der Waals surface area (Å²) in [4.78, 5) is 0. The molecule has 0 spiro atoms. The topological polar surface area (TPSA) is 46.2 Å². The first-order valence-corrected chi connectivity index (χ1v) is 10.5. The fraction of sp³-hybridized carbons (Fsp3) is 1.00. The monoisotopic (exact) mass is 303 g/mol. The van der Waals surface area contributed by atoms with Crippen molar-refractivity contribution in [2.45, 2.75) is 77.2 Å². The van der Waals surface area contributed by atoms with Crippen molar-refractivity contribution in [2.24, 2.45) is 5.92 Å². The number of rotatable bonds is 10. The molecule has 0 amide bonds. The molecule has 4 heteroatoms. The van der Waals surface area contributed by atoms with E-state index in [4.69, 9.17) is 0 Å². The number of hydrogen-bond acceptors (Lipinski definition) is 3. The Labute approximate surface area is 125 Å². The zero-order valence-electron chi connectivity index (χ0n) is 13.4. The van der Waals surface area contributed by atoms with Gasteiger partial charge in [0.05, 0.1) is 0 Å². The Morgan fingerprint density at radius 1 is 1.15 bits per heavy atom. The van der Waals surface area contributed by atoms with Crippen LogP contribution in [0.2, 0.25) is 0 Å². The largest absolute Gasteiger partial charge is 0.314 e. The van der Waals surface area contributed by atoms with Gasteiger partial charge in [0.25, 0.3) is 0 Å². The molecule has 0 saturated heterocycles. The molecule has 0 aromatic carbocycles. The molecule has 1 atom stereocenters.